The fourth-order valence-corrected chi connectivity index (χ4v) is 6.09. The van der Waals surface area contributed by atoms with Gasteiger partial charge in [-0.05, 0) is 30.5 Å². The fourth-order valence-electron chi connectivity index (χ4n) is 4.58. The number of benzene rings is 1. The molecule has 10 heteroatoms. The molecule has 1 aromatic carbocycles. The molecule has 1 aromatic rings. The van der Waals surface area contributed by atoms with E-state index in [9.17, 15) is 18.0 Å². The van der Waals surface area contributed by atoms with Crippen molar-refractivity contribution in [3.05, 3.63) is 29.8 Å². The van der Waals surface area contributed by atoms with Crippen LogP contribution >= 0.6 is 0 Å². The molecule has 9 nitrogen and oxygen atoms in total. The lowest BCUT2D eigenvalue weighted by Gasteiger charge is -2.36. The van der Waals surface area contributed by atoms with E-state index in [0.29, 0.717) is 59.0 Å². The number of carbonyl (C=O) groups excluding carboxylic acids is 2. The highest BCUT2D eigenvalue weighted by atomic mass is 32.2. The monoisotopic (exact) mass is 478 g/mol. The van der Waals surface area contributed by atoms with Crippen molar-refractivity contribution in [3.63, 3.8) is 0 Å². The molecular formula is C23H34N4O5S. The van der Waals surface area contributed by atoms with Gasteiger partial charge >= 0.3 is 0 Å². The number of piperazine rings is 1. The van der Waals surface area contributed by atoms with Gasteiger partial charge in [-0.3, -0.25) is 14.5 Å². The number of rotatable bonds is 6. The topological polar surface area (TPSA) is 90.5 Å². The minimum Gasteiger partial charge on any atom is -0.379 e. The first-order valence-corrected chi connectivity index (χ1v) is 13.3. The molecule has 3 saturated heterocycles. The molecule has 0 spiro atoms. The van der Waals surface area contributed by atoms with E-state index in [1.54, 1.807) is 33.5 Å². The molecule has 3 fully saturated rings. The number of hydrogen-bond acceptors (Lipinski definition) is 6. The smallest absolute Gasteiger partial charge is 0.243 e. The van der Waals surface area contributed by atoms with Crippen LogP contribution in [-0.2, 0) is 30.8 Å². The number of hydrogen-bond donors (Lipinski definition) is 0. The summed E-state index contributed by atoms with van der Waals surface area (Å²) in [6.07, 6.45) is 3.10. The van der Waals surface area contributed by atoms with Gasteiger partial charge in [0.15, 0.2) is 0 Å². The van der Waals surface area contributed by atoms with Gasteiger partial charge in [-0.25, -0.2) is 8.42 Å². The zero-order valence-corrected chi connectivity index (χ0v) is 20.0. The fraction of sp³-hybridized carbons (Fsp3) is 0.652. The number of amides is 2. The van der Waals surface area contributed by atoms with Crippen molar-refractivity contribution < 1.29 is 22.7 Å². The summed E-state index contributed by atoms with van der Waals surface area (Å²) in [7, 11) is -3.46. The van der Waals surface area contributed by atoms with Crippen molar-refractivity contribution in [2.45, 2.75) is 30.6 Å². The number of morpholine rings is 1. The lowest BCUT2D eigenvalue weighted by Crippen LogP contribution is -2.53. The second-order valence-electron chi connectivity index (χ2n) is 8.94. The van der Waals surface area contributed by atoms with Crippen LogP contribution in [-0.4, -0.2) is 111 Å². The molecule has 3 aliphatic rings. The number of carbonyl (C=O) groups is 2. The van der Waals surface area contributed by atoms with E-state index in [2.05, 4.69) is 4.90 Å². The SMILES string of the molecule is O=C(Cc1ccc(S(=O)(=O)N2CCCCC2)cc1)N1CCN(C(=O)CN2CCOCC2)CC1. The highest BCUT2D eigenvalue weighted by molar-refractivity contribution is 7.89. The Morgan fingerprint density at radius 3 is 1.94 bits per heavy atom. The Morgan fingerprint density at radius 1 is 0.758 bits per heavy atom. The first kappa shape index (κ1) is 24.1. The number of nitrogens with zero attached hydrogens (tertiary/aromatic N) is 4. The highest BCUT2D eigenvalue weighted by Crippen LogP contribution is 2.21. The Morgan fingerprint density at radius 2 is 1.33 bits per heavy atom. The van der Waals surface area contributed by atoms with E-state index in [0.717, 1.165) is 37.9 Å². The highest BCUT2D eigenvalue weighted by Gasteiger charge is 2.27. The summed E-state index contributed by atoms with van der Waals surface area (Å²) in [6, 6.07) is 6.68. The molecule has 0 atom stereocenters. The van der Waals surface area contributed by atoms with Gasteiger partial charge in [0.25, 0.3) is 0 Å². The van der Waals surface area contributed by atoms with Crippen molar-refractivity contribution in [1.29, 1.82) is 0 Å². The second-order valence-corrected chi connectivity index (χ2v) is 10.9. The molecule has 0 bridgehead atoms. The van der Waals surface area contributed by atoms with E-state index < -0.39 is 10.0 Å². The molecule has 0 saturated carbocycles. The van der Waals surface area contributed by atoms with Gasteiger partial charge < -0.3 is 14.5 Å². The Labute approximate surface area is 196 Å². The number of piperidine rings is 1. The van der Waals surface area contributed by atoms with Crippen molar-refractivity contribution in [3.8, 4) is 0 Å². The molecular weight excluding hydrogens is 444 g/mol. The van der Waals surface area contributed by atoms with E-state index in [4.69, 9.17) is 4.74 Å². The molecule has 4 rings (SSSR count). The third kappa shape index (κ3) is 6.11. The second kappa shape index (κ2) is 10.9. The quantitative estimate of drug-likeness (QED) is 0.588. The van der Waals surface area contributed by atoms with E-state index in [1.165, 1.54) is 0 Å². The number of sulfonamides is 1. The summed E-state index contributed by atoms with van der Waals surface area (Å²) in [4.78, 5) is 31.3. The molecule has 0 aromatic heterocycles. The average Bonchev–Trinajstić information content (AvgIpc) is 2.85. The van der Waals surface area contributed by atoms with Crippen molar-refractivity contribution >= 4 is 21.8 Å². The van der Waals surface area contributed by atoms with Gasteiger partial charge in [-0.15, -0.1) is 0 Å². The Balaban J connectivity index is 1.25. The summed E-state index contributed by atoms with van der Waals surface area (Å²) in [5, 5.41) is 0. The van der Waals surface area contributed by atoms with Crippen LogP contribution in [0, 0.1) is 0 Å². The Hall–Kier alpha value is -2.01. The predicted octanol–water partition coefficient (Wildman–Crippen LogP) is 0.407. The molecule has 0 aliphatic carbocycles. The summed E-state index contributed by atoms with van der Waals surface area (Å²) < 4.78 is 32.5. The van der Waals surface area contributed by atoms with Crippen LogP contribution in [0.1, 0.15) is 24.8 Å². The van der Waals surface area contributed by atoms with Crippen LogP contribution in [0.4, 0.5) is 0 Å². The van der Waals surface area contributed by atoms with Crippen LogP contribution in [0.5, 0.6) is 0 Å². The maximum absolute atomic E-state index is 12.8. The molecule has 0 unspecified atom stereocenters. The van der Waals surface area contributed by atoms with Crippen LogP contribution < -0.4 is 0 Å². The Bertz CT molecular complexity index is 917. The maximum Gasteiger partial charge on any atom is 0.243 e. The average molecular weight is 479 g/mol. The van der Waals surface area contributed by atoms with Crippen molar-refractivity contribution in [2.75, 3.05) is 72.1 Å². The minimum absolute atomic E-state index is 0.00177. The van der Waals surface area contributed by atoms with Crippen LogP contribution in [0.25, 0.3) is 0 Å². The van der Waals surface area contributed by atoms with Crippen LogP contribution in [0.3, 0.4) is 0 Å². The van der Waals surface area contributed by atoms with Gasteiger partial charge in [0.2, 0.25) is 21.8 Å². The molecule has 3 aliphatic heterocycles. The normalized spacial score (nSPS) is 21.2. The van der Waals surface area contributed by atoms with Crippen LogP contribution in [0.15, 0.2) is 29.2 Å². The van der Waals surface area contributed by atoms with Gasteiger partial charge in [-0.2, -0.15) is 4.31 Å². The summed E-state index contributed by atoms with van der Waals surface area (Å²) in [6.45, 7) is 6.58. The molecule has 2 amide bonds. The Kier molecular flexibility index (Phi) is 8.00. The van der Waals surface area contributed by atoms with Gasteiger partial charge in [0.1, 0.15) is 0 Å². The molecule has 0 radical (unpaired) electrons. The van der Waals surface area contributed by atoms with Crippen molar-refractivity contribution in [2.24, 2.45) is 0 Å². The third-order valence-corrected chi connectivity index (χ3v) is 8.59. The van der Waals surface area contributed by atoms with Gasteiger partial charge in [-0.1, -0.05) is 18.6 Å². The number of ether oxygens (including phenoxy) is 1. The summed E-state index contributed by atoms with van der Waals surface area (Å²) in [5.74, 6) is 0.108. The molecule has 33 heavy (non-hydrogen) atoms. The zero-order valence-electron chi connectivity index (χ0n) is 19.2. The lowest BCUT2D eigenvalue weighted by molar-refractivity contribution is -0.140. The third-order valence-electron chi connectivity index (χ3n) is 6.68. The van der Waals surface area contributed by atoms with Crippen molar-refractivity contribution in [1.82, 2.24) is 19.0 Å². The lowest BCUT2D eigenvalue weighted by atomic mass is 10.1. The first-order chi connectivity index (χ1) is 15.9. The summed E-state index contributed by atoms with van der Waals surface area (Å²) in [5.41, 5.74) is 0.795. The first-order valence-electron chi connectivity index (χ1n) is 11.9. The zero-order chi connectivity index (χ0) is 23.3. The minimum atomic E-state index is -3.46. The van der Waals surface area contributed by atoms with E-state index in [1.807, 2.05) is 4.90 Å². The standard InChI is InChI=1S/C23H34N4O5S/c28-22(25-10-12-26(13-11-25)23(29)19-24-14-16-32-17-15-24)18-20-4-6-21(7-5-20)33(30,31)27-8-2-1-3-9-27/h4-7H,1-3,8-19H2. The van der Waals surface area contributed by atoms with Gasteiger partial charge in [0.05, 0.1) is 31.1 Å². The molecule has 3 heterocycles. The summed E-state index contributed by atoms with van der Waals surface area (Å²) >= 11 is 0. The van der Waals surface area contributed by atoms with Crippen LogP contribution in [0.2, 0.25) is 0 Å². The maximum atomic E-state index is 12.8. The van der Waals surface area contributed by atoms with Gasteiger partial charge in [0, 0.05) is 52.4 Å². The largest absolute Gasteiger partial charge is 0.379 e. The predicted molar refractivity (Wildman–Crippen MR) is 123 cm³/mol. The van der Waals surface area contributed by atoms with E-state index in [-0.39, 0.29) is 23.1 Å². The molecule has 0 N–H and O–H groups in total. The van der Waals surface area contributed by atoms with E-state index >= 15 is 0 Å². The molecule has 182 valence electrons.